The fourth-order valence-electron chi connectivity index (χ4n) is 2.48. The van der Waals surface area contributed by atoms with E-state index in [4.69, 9.17) is 9.52 Å². The largest absolute Gasteiger partial charge is 0.573 e. The summed E-state index contributed by atoms with van der Waals surface area (Å²) >= 11 is 0. The lowest BCUT2D eigenvalue weighted by Crippen LogP contribution is -2.16. The fourth-order valence-corrected chi connectivity index (χ4v) is 2.48. The van der Waals surface area contributed by atoms with Gasteiger partial charge in [0.2, 0.25) is 0 Å². The molecule has 0 saturated carbocycles. The van der Waals surface area contributed by atoms with Crippen LogP contribution in [0.1, 0.15) is 5.56 Å². The predicted octanol–water partition coefficient (Wildman–Crippen LogP) is 4.63. The van der Waals surface area contributed by atoms with Crippen LogP contribution in [0.15, 0.2) is 53.1 Å². The molecular weight excluding hydrogens is 325 g/mol. The molecule has 2 aromatic carbocycles. The van der Waals surface area contributed by atoms with Gasteiger partial charge in [-0.2, -0.15) is 0 Å². The summed E-state index contributed by atoms with van der Waals surface area (Å²) in [4.78, 5) is 10.9. The highest BCUT2D eigenvalue weighted by atomic mass is 19.4. The second-order valence-corrected chi connectivity index (χ2v) is 5.09. The number of ether oxygens (including phenoxy) is 1. The summed E-state index contributed by atoms with van der Waals surface area (Å²) in [6.07, 6.45) is -3.46. The van der Waals surface area contributed by atoms with Crippen LogP contribution in [0.4, 0.5) is 13.2 Å². The van der Waals surface area contributed by atoms with Gasteiger partial charge in [0.25, 0.3) is 0 Å². The van der Waals surface area contributed by atoms with Crippen molar-refractivity contribution in [1.82, 2.24) is 0 Å². The van der Waals surface area contributed by atoms with E-state index in [1.165, 1.54) is 30.5 Å². The molecule has 0 spiro atoms. The molecule has 7 heteroatoms. The molecule has 0 aliphatic heterocycles. The molecule has 0 saturated heterocycles. The standard InChI is InChI=1S/C17H11F3O4/c18-17(19,20)24-12-6-4-10(5-7-12)14-9-23-16-11(8-15(21)22)2-1-3-13(14)16/h1-7,9H,8H2,(H,21,22). The van der Waals surface area contributed by atoms with Crippen molar-refractivity contribution in [3.63, 3.8) is 0 Å². The summed E-state index contributed by atoms with van der Waals surface area (Å²) in [5.41, 5.74) is 2.28. The van der Waals surface area contributed by atoms with Crippen LogP contribution < -0.4 is 4.74 Å². The average molecular weight is 336 g/mol. The number of rotatable bonds is 4. The Bertz CT molecular complexity index is 879. The van der Waals surface area contributed by atoms with E-state index in [-0.39, 0.29) is 12.2 Å². The van der Waals surface area contributed by atoms with E-state index < -0.39 is 12.3 Å². The first-order valence-electron chi connectivity index (χ1n) is 6.90. The van der Waals surface area contributed by atoms with Crippen LogP contribution in [0.25, 0.3) is 22.1 Å². The molecular formula is C17H11F3O4. The molecule has 4 nitrogen and oxygen atoms in total. The number of aliphatic carboxylic acids is 1. The van der Waals surface area contributed by atoms with Gasteiger partial charge in [0.1, 0.15) is 11.3 Å². The van der Waals surface area contributed by atoms with Crippen LogP contribution in [-0.2, 0) is 11.2 Å². The number of alkyl halides is 3. The van der Waals surface area contributed by atoms with Crippen molar-refractivity contribution < 1.29 is 32.2 Å². The Morgan fingerprint density at radius 2 is 1.83 bits per heavy atom. The number of para-hydroxylation sites is 1. The number of fused-ring (bicyclic) bond motifs is 1. The Kier molecular flexibility index (Phi) is 3.92. The molecule has 0 radical (unpaired) electrons. The molecule has 0 fully saturated rings. The van der Waals surface area contributed by atoms with Gasteiger partial charge in [0, 0.05) is 16.5 Å². The molecule has 1 aromatic heterocycles. The van der Waals surface area contributed by atoms with Crippen LogP contribution in [0, 0.1) is 0 Å². The molecule has 0 atom stereocenters. The SMILES string of the molecule is O=C(O)Cc1cccc2c(-c3ccc(OC(F)(F)F)cc3)coc12. The molecule has 0 aliphatic rings. The van der Waals surface area contributed by atoms with Crippen LogP contribution >= 0.6 is 0 Å². The van der Waals surface area contributed by atoms with Gasteiger partial charge in [-0.1, -0.05) is 30.3 Å². The van der Waals surface area contributed by atoms with Gasteiger partial charge in [0.15, 0.2) is 0 Å². The van der Waals surface area contributed by atoms with Crippen molar-refractivity contribution in [2.24, 2.45) is 0 Å². The molecule has 0 bridgehead atoms. The highest BCUT2D eigenvalue weighted by Crippen LogP contribution is 2.34. The Hall–Kier alpha value is -2.96. The zero-order valence-corrected chi connectivity index (χ0v) is 12.1. The lowest BCUT2D eigenvalue weighted by molar-refractivity contribution is -0.274. The third-order valence-electron chi connectivity index (χ3n) is 3.42. The lowest BCUT2D eigenvalue weighted by atomic mass is 10.0. The molecule has 1 heterocycles. The third kappa shape index (κ3) is 3.34. The van der Waals surface area contributed by atoms with Crippen molar-refractivity contribution >= 4 is 16.9 Å². The summed E-state index contributed by atoms with van der Waals surface area (Å²) in [7, 11) is 0. The van der Waals surface area contributed by atoms with Crippen LogP contribution in [-0.4, -0.2) is 17.4 Å². The molecule has 0 amide bonds. The van der Waals surface area contributed by atoms with E-state index in [9.17, 15) is 18.0 Å². The predicted molar refractivity (Wildman–Crippen MR) is 79.7 cm³/mol. The van der Waals surface area contributed by atoms with Crippen molar-refractivity contribution in [3.8, 4) is 16.9 Å². The van der Waals surface area contributed by atoms with Crippen molar-refractivity contribution in [2.45, 2.75) is 12.8 Å². The molecule has 0 unspecified atom stereocenters. The Balaban J connectivity index is 1.97. The zero-order valence-electron chi connectivity index (χ0n) is 12.1. The monoisotopic (exact) mass is 336 g/mol. The van der Waals surface area contributed by atoms with E-state index in [1.54, 1.807) is 18.2 Å². The second-order valence-electron chi connectivity index (χ2n) is 5.09. The van der Waals surface area contributed by atoms with Crippen molar-refractivity contribution in [2.75, 3.05) is 0 Å². The maximum absolute atomic E-state index is 12.2. The van der Waals surface area contributed by atoms with Crippen LogP contribution in [0.5, 0.6) is 5.75 Å². The number of furan rings is 1. The number of halogens is 3. The van der Waals surface area contributed by atoms with Crippen molar-refractivity contribution in [1.29, 1.82) is 0 Å². The highest BCUT2D eigenvalue weighted by molar-refractivity contribution is 5.96. The number of carboxylic acid groups (broad SMARTS) is 1. The zero-order chi connectivity index (χ0) is 17.3. The maximum atomic E-state index is 12.2. The summed E-state index contributed by atoms with van der Waals surface area (Å²) in [5.74, 6) is -1.29. The quantitative estimate of drug-likeness (QED) is 0.755. The lowest BCUT2D eigenvalue weighted by Gasteiger charge is -2.09. The van der Waals surface area contributed by atoms with E-state index in [0.717, 1.165) is 0 Å². The van der Waals surface area contributed by atoms with Gasteiger partial charge >= 0.3 is 12.3 Å². The van der Waals surface area contributed by atoms with E-state index >= 15 is 0 Å². The average Bonchev–Trinajstić information content (AvgIpc) is 2.91. The first kappa shape index (κ1) is 15.9. The van der Waals surface area contributed by atoms with Crippen LogP contribution in [0.3, 0.4) is 0 Å². The summed E-state index contributed by atoms with van der Waals surface area (Å²) < 4.78 is 45.9. The van der Waals surface area contributed by atoms with Gasteiger partial charge in [-0.25, -0.2) is 0 Å². The normalized spacial score (nSPS) is 11.6. The van der Waals surface area contributed by atoms with Gasteiger partial charge in [-0.3, -0.25) is 4.79 Å². The van der Waals surface area contributed by atoms with Gasteiger partial charge in [0.05, 0.1) is 12.7 Å². The fraction of sp³-hybridized carbons (Fsp3) is 0.118. The van der Waals surface area contributed by atoms with Gasteiger partial charge in [-0.05, 0) is 17.7 Å². The minimum absolute atomic E-state index is 0.178. The number of carbonyl (C=O) groups is 1. The van der Waals surface area contributed by atoms with Gasteiger partial charge in [-0.15, -0.1) is 13.2 Å². The Labute approximate surface area is 134 Å². The summed E-state index contributed by atoms with van der Waals surface area (Å²) in [5, 5.41) is 9.62. The first-order valence-corrected chi connectivity index (χ1v) is 6.90. The maximum Gasteiger partial charge on any atom is 0.573 e. The second kappa shape index (κ2) is 5.92. The molecule has 1 N–H and O–H groups in total. The van der Waals surface area contributed by atoms with E-state index in [0.29, 0.717) is 27.7 Å². The van der Waals surface area contributed by atoms with E-state index in [1.807, 2.05) is 0 Å². The molecule has 24 heavy (non-hydrogen) atoms. The Morgan fingerprint density at radius 3 is 2.46 bits per heavy atom. The minimum Gasteiger partial charge on any atom is -0.481 e. The summed E-state index contributed by atoms with van der Waals surface area (Å²) in [6.45, 7) is 0. The molecule has 3 aromatic rings. The summed E-state index contributed by atoms with van der Waals surface area (Å²) in [6, 6.07) is 10.5. The molecule has 124 valence electrons. The Morgan fingerprint density at radius 1 is 1.12 bits per heavy atom. The number of hydrogen-bond acceptors (Lipinski definition) is 3. The number of benzene rings is 2. The highest BCUT2D eigenvalue weighted by Gasteiger charge is 2.31. The minimum atomic E-state index is -4.74. The van der Waals surface area contributed by atoms with Crippen LogP contribution in [0.2, 0.25) is 0 Å². The topological polar surface area (TPSA) is 59.7 Å². The first-order chi connectivity index (χ1) is 11.3. The third-order valence-corrected chi connectivity index (χ3v) is 3.42. The van der Waals surface area contributed by atoms with E-state index in [2.05, 4.69) is 4.74 Å². The van der Waals surface area contributed by atoms with Gasteiger partial charge < -0.3 is 14.3 Å². The molecule has 3 rings (SSSR count). The number of carboxylic acids is 1. The van der Waals surface area contributed by atoms with Crippen molar-refractivity contribution in [3.05, 3.63) is 54.3 Å². The molecule has 0 aliphatic carbocycles. The number of hydrogen-bond donors (Lipinski definition) is 1. The smallest absolute Gasteiger partial charge is 0.481 e.